The van der Waals surface area contributed by atoms with Crippen molar-refractivity contribution in [1.29, 1.82) is 0 Å². The molecule has 1 aliphatic rings. The van der Waals surface area contributed by atoms with E-state index in [9.17, 15) is 19.7 Å². The molecular weight excluding hydrogens is 422 g/mol. The Morgan fingerprint density at radius 1 is 1.35 bits per heavy atom. The average molecular weight is 450 g/mol. The monoisotopic (exact) mass is 449 g/mol. The van der Waals surface area contributed by atoms with Crippen LogP contribution in [0.3, 0.4) is 0 Å². The number of rotatable bonds is 8. The third kappa shape index (κ3) is 5.26. The first-order valence-corrected chi connectivity index (χ1v) is 10.7. The van der Waals surface area contributed by atoms with Gasteiger partial charge in [0.1, 0.15) is 5.37 Å². The van der Waals surface area contributed by atoms with E-state index in [2.05, 4.69) is 0 Å². The molecule has 0 radical (unpaired) electrons. The Balaban J connectivity index is 2.87. The second kappa shape index (κ2) is 10.5. The SMILES string of the molecule is CCOC(=O)C1=C(c2cccc([N+](=O)[O-])c2)C(C(=O)OC)=C(C)N(C)C1SCC(C)N. The number of carbonyl (C=O) groups excluding carboxylic acids is 2. The van der Waals surface area contributed by atoms with E-state index in [4.69, 9.17) is 15.2 Å². The van der Waals surface area contributed by atoms with E-state index in [1.807, 2.05) is 6.92 Å². The van der Waals surface area contributed by atoms with Gasteiger partial charge in [-0.25, -0.2) is 9.59 Å². The number of non-ortho nitro benzene ring substituents is 1. The standard InChI is InChI=1S/C21H27N3O6S/c1-6-30-21(26)18-17(14-8-7-9-15(10-14)24(27)28)16(20(25)29-5)13(3)23(4)19(18)31-11-12(2)22/h7-10,12,19H,6,11,22H2,1-5H3. The molecule has 2 rings (SSSR count). The fraction of sp³-hybridized carbons (Fsp3) is 0.429. The number of allylic oxidation sites excluding steroid dienone is 1. The Hall–Kier alpha value is -2.85. The summed E-state index contributed by atoms with van der Waals surface area (Å²) in [4.78, 5) is 38.5. The van der Waals surface area contributed by atoms with Gasteiger partial charge >= 0.3 is 11.9 Å². The van der Waals surface area contributed by atoms with Crippen molar-refractivity contribution >= 4 is 35.0 Å². The molecule has 31 heavy (non-hydrogen) atoms. The normalized spacial score (nSPS) is 17.5. The van der Waals surface area contributed by atoms with Crippen LogP contribution in [0.15, 0.2) is 41.1 Å². The maximum absolute atomic E-state index is 13.1. The molecule has 2 unspecified atom stereocenters. The van der Waals surface area contributed by atoms with Gasteiger partial charge < -0.3 is 20.1 Å². The molecule has 168 valence electrons. The Labute approximate surface area is 185 Å². The van der Waals surface area contributed by atoms with Crippen molar-refractivity contribution in [2.45, 2.75) is 32.2 Å². The summed E-state index contributed by atoms with van der Waals surface area (Å²) < 4.78 is 10.3. The summed E-state index contributed by atoms with van der Waals surface area (Å²) in [7, 11) is 3.01. The van der Waals surface area contributed by atoms with Gasteiger partial charge in [-0.3, -0.25) is 10.1 Å². The summed E-state index contributed by atoms with van der Waals surface area (Å²) in [5, 5.41) is 10.8. The van der Waals surface area contributed by atoms with Crippen molar-refractivity contribution in [3.8, 4) is 0 Å². The number of benzene rings is 1. The van der Waals surface area contributed by atoms with Crippen molar-refractivity contribution in [1.82, 2.24) is 4.90 Å². The third-order valence-electron chi connectivity index (χ3n) is 4.76. The molecule has 1 aromatic carbocycles. The van der Waals surface area contributed by atoms with Crippen LogP contribution < -0.4 is 5.73 Å². The lowest BCUT2D eigenvalue weighted by molar-refractivity contribution is -0.384. The quantitative estimate of drug-likeness (QED) is 0.362. The Morgan fingerprint density at radius 3 is 2.58 bits per heavy atom. The zero-order chi connectivity index (χ0) is 23.3. The number of methoxy groups -OCH3 is 1. The van der Waals surface area contributed by atoms with E-state index in [1.54, 1.807) is 31.9 Å². The summed E-state index contributed by atoms with van der Waals surface area (Å²) in [5.41, 5.74) is 7.36. The minimum atomic E-state index is -0.650. The molecule has 9 nitrogen and oxygen atoms in total. The zero-order valence-electron chi connectivity index (χ0n) is 18.2. The van der Waals surface area contributed by atoms with Crippen molar-refractivity contribution in [2.75, 3.05) is 26.5 Å². The van der Waals surface area contributed by atoms with Gasteiger partial charge in [0.25, 0.3) is 5.69 Å². The Bertz CT molecular complexity index is 941. The van der Waals surface area contributed by atoms with E-state index < -0.39 is 22.2 Å². The van der Waals surface area contributed by atoms with Gasteiger partial charge in [0.2, 0.25) is 0 Å². The number of nitro benzene ring substituents is 1. The average Bonchev–Trinajstić information content (AvgIpc) is 2.73. The largest absolute Gasteiger partial charge is 0.465 e. The Morgan fingerprint density at radius 2 is 2.03 bits per heavy atom. The van der Waals surface area contributed by atoms with E-state index in [0.717, 1.165) is 0 Å². The molecule has 0 aromatic heterocycles. The van der Waals surface area contributed by atoms with Gasteiger partial charge in [-0.1, -0.05) is 12.1 Å². The highest BCUT2D eigenvalue weighted by atomic mass is 32.2. The number of esters is 2. The zero-order valence-corrected chi connectivity index (χ0v) is 19.0. The molecule has 0 aliphatic carbocycles. The topological polar surface area (TPSA) is 125 Å². The van der Waals surface area contributed by atoms with Gasteiger partial charge in [-0.15, -0.1) is 11.8 Å². The first-order chi connectivity index (χ1) is 14.6. The summed E-state index contributed by atoms with van der Waals surface area (Å²) in [6.45, 7) is 5.41. The highest BCUT2D eigenvalue weighted by Crippen LogP contribution is 2.42. The Kier molecular flexibility index (Phi) is 8.23. The number of hydrogen-bond acceptors (Lipinski definition) is 9. The molecular formula is C21H27N3O6S. The van der Waals surface area contributed by atoms with Gasteiger partial charge in [0.15, 0.2) is 0 Å². The molecule has 2 N–H and O–H groups in total. The van der Waals surface area contributed by atoms with Crippen LogP contribution in [0.5, 0.6) is 0 Å². The fourth-order valence-corrected chi connectivity index (χ4v) is 4.51. The summed E-state index contributed by atoms with van der Waals surface area (Å²) in [6.07, 6.45) is 0. The smallest absolute Gasteiger partial charge is 0.340 e. The first kappa shape index (κ1) is 24.4. The highest BCUT2D eigenvalue weighted by Gasteiger charge is 2.39. The van der Waals surface area contributed by atoms with Crippen LogP contribution in [-0.4, -0.2) is 59.7 Å². The van der Waals surface area contributed by atoms with E-state index in [0.29, 0.717) is 17.0 Å². The molecule has 0 spiro atoms. The number of likely N-dealkylation sites (N-methyl/N-ethyl adjacent to an activating group) is 1. The maximum atomic E-state index is 13.1. The summed E-state index contributed by atoms with van der Waals surface area (Å²) in [6, 6.07) is 5.68. The molecule has 2 atom stereocenters. The van der Waals surface area contributed by atoms with Crippen LogP contribution >= 0.6 is 11.8 Å². The summed E-state index contributed by atoms with van der Waals surface area (Å²) >= 11 is 1.43. The third-order valence-corrected chi connectivity index (χ3v) is 6.34. The molecule has 0 fully saturated rings. The molecule has 1 aromatic rings. The number of nitrogens with two attached hydrogens (primary N) is 1. The minimum absolute atomic E-state index is 0.130. The van der Waals surface area contributed by atoms with Gasteiger partial charge in [-0.2, -0.15) is 0 Å². The van der Waals surface area contributed by atoms with Crippen LogP contribution in [0.2, 0.25) is 0 Å². The molecule has 10 heteroatoms. The van der Waals surface area contributed by atoms with E-state index in [1.165, 1.54) is 37.1 Å². The second-order valence-electron chi connectivity index (χ2n) is 7.04. The lowest BCUT2D eigenvalue weighted by Crippen LogP contribution is -2.40. The number of nitro groups is 1. The molecule has 0 bridgehead atoms. The van der Waals surface area contributed by atoms with Gasteiger partial charge in [0.05, 0.1) is 29.8 Å². The summed E-state index contributed by atoms with van der Waals surface area (Å²) in [5.74, 6) is -0.712. The number of carbonyl (C=O) groups is 2. The van der Waals surface area contributed by atoms with Crippen LogP contribution in [-0.2, 0) is 19.1 Å². The first-order valence-electron chi connectivity index (χ1n) is 9.69. The van der Waals surface area contributed by atoms with Crippen LogP contribution in [0.25, 0.3) is 5.57 Å². The predicted molar refractivity (Wildman–Crippen MR) is 119 cm³/mol. The second-order valence-corrected chi connectivity index (χ2v) is 8.16. The van der Waals surface area contributed by atoms with Crippen LogP contribution in [0, 0.1) is 10.1 Å². The van der Waals surface area contributed by atoms with E-state index >= 15 is 0 Å². The van der Waals surface area contributed by atoms with Crippen molar-refractivity contribution in [3.63, 3.8) is 0 Å². The highest BCUT2D eigenvalue weighted by molar-refractivity contribution is 8.00. The number of nitrogens with zero attached hydrogens (tertiary/aromatic N) is 2. The molecule has 1 heterocycles. The van der Waals surface area contributed by atoms with Crippen LogP contribution in [0.4, 0.5) is 5.69 Å². The van der Waals surface area contributed by atoms with Gasteiger partial charge in [-0.05, 0) is 26.3 Å². The molecule has 1 aliphatic heterocycles. The number of ether oxygens (including phenoxy) is 2. The fourth-order valence-electron chi connectivity index (χ4n) is 3.26. The lowest BCUT2D eigenvalue weighted by Gasteiger charge is -2.38. The predicted octanol–water partition coefficient (Wildman–Crippen LogP) is 2.71. The van der Waals surface area contributed by atoms with Crippen molar-refractivity contribution in [2.24, 2.45) is 5.73 Å². The number of thioether (sulfide) groups is 1. The molecule has 0 amide bonds. The maximum Gasteiger partial charge on any atom is 0.340 e. The molecule has 0 saturated carbocycles. The van der Waals surface area contributed by atoms with Gasteiger partial charge in [0, 0.05) is 42.2 Å². The van der Waals surface area contributed by atoms with Crippen molar-refractivity contribution < 1.29 is 24.0 Å². The number of hydrogen-bond donors (Lipinski definition) is 1. The van der Waals surface area contributed by atoms with Crippen LogP contribution in [0.1, 0.15) is 26.3 Å². The lowest BCUT2D eigenvalue weighted by atomic mass is 9.88. The van der Waals surface area contributed by atoms with E-state index in [-0.39, 0.29) is 35.1 Å². The van der Waals surface area contributed by atoms with Crippen molar-refractivity contribution in [3.05, 3.63) is 56.8 Å². The molecule has 0 saturated heterocycles. The minimum Gasteiger partial charge on any atom is -0.465 e.